The summed E-state index contributed by atoms with van der Waals surface area (Å²) in [4.78, 5) is 16.1. The van der Waals surface area contributed by atoms with Crippen LogP contribution in [0.3, 0.4) is 0 Å². The Labute approximate surface area is 266 Å². The van der Waals surface area contributed by atoms with Gasteiger partial charge in [0.2, 0.25) is 0 Å². The van der Waals surface area contributed by atoms with Crippen molar-refractivity contribution < 1.29 is 27.4 Å². The first-order valence-electron chi connectivity index (χ1n) is 15.6. The number of anilines is 1. The Hall–Kier alpha value is -3.48. The number of rotatable bonds is 15. The molecule has 0 unspecified atom stereocenters. The van der Waals surface area contributed by atoms with Crippen molar-refractivity contribution in [2.75, 3.05) is 57.9 Å². The van der Waals surface area contributed by atoms with E-state index in [1.165, 1.54) is 5.56 Å². The van der Waals surface area contributed by atoms with Crippen LogP contribution in [0.2, 0.25) is 0 Å². The van der Waals surface area contributed by atoms with Crippen LogP contribution >= 0.6 is 0 Å². The molecule has 0 bridgehead atoms. The summed E-state index contributed by atoms with van der Waals surface area (Å²) in [6.07, 6.45) is 3.54. The number of para-hydroxylation sites is 1. The van der Waals surface area contributed by atoms with Crippen LogP contribution in [-0.4, -0.2) is 67.2 Å². The minimum absolute atomic E-state index is 0.0993. The third kappa shape index (κ3) is 9.05. The Morgan fingerprint density at radius 3 is 2.71 bits per heavy atom. The fourth-order valence-electron chi connectivity index (χ4n) is 6.27. The van der Waals surface area contributed by atoms with Crippen molar-refractivity contribution in [3.05, 3.63) is 89.0 Å². The molecule has 2 atom stereocenters. The maximum Gasteiger partial charge on any atom is 0.274 e. The number of carbonyl (C=O) groups excluding carboxylic acids is 1. The first kappa shape index (κ1) is 32.9. The minimum Gasteiger partial charge on any atom is -0.496 e. The second-order valence-corrected chi connectivity index (χ2v) is 13.0. The fourth-order valence-corrected chi connectivity index (χ4v) is 6.65. The lowest BCUT2D eigenvalue weighted by atomic mass is 9.77. The number of nitrogens with zero attached hydrogens (tertiary/aromatic N) is 1. The van der Waals surface area contributed by atoms with Gasteiger partial charge in [0, 0.05) is 55.3 Å². The number of nitrogens with one attached hydrogen (secondary N) is 2. The summed E-state index contributed by atoms with van der Waals surface area (Å²) in [5.41, 5.74) is 5.01. The van der Waals surface area contributed by atoms with Gasteiger partial charge >= 0.3 is 0 Å². The average molecular weight is 637 g/mol. The Morgan fingerprint density at radius 1 is 1.09 bits per heavy atom. The van der Waals surface area contributed by atoms with Crippen molar-refractivity contribution in [3.8, 4) is 11.5 Å². The zero-order valence-electron chi connectivity index (χ0n) is 25.9. The molecule has 0 radical (unpaired) electrons. The number of fused-ring (bicyclic) bond motifs is 1. The molecule has 10 nitrogen and oxygen atoms in total. The number of Topliss-reactive ketones (excluding diaryl/α,β-unsaturated/α-hetero) is 1. The van der Waals surface area contributed by atoms with E-state index in [0.29, 0.717) is 38.5 Å². The topological polar surface area (TPSA) is 132 Å². The number of aryl methyl sites for hydroxylation is 1. The SMILES string of the molecule is COc1ccccc1COCCCOc1ccc([C@@H]2CCNC[C@@H]2C(=O)c2ccc3c(c2)N(CCNS(N)(=O)=O)CCC3)cc1. The standard InChI is InChI=1S/C34H44N4O6S/c1-42-33-8-3-2-6-28(33)24-43-20-5-21-44-29-13-11-25(12-14-29)30-15-16-36-23-31(30)34(39)27-10-9-26-7-4-18-38(32(26)22-27)19-17-37-45(35,40)41/h2-3,6,8-14,22,30-31,36-37H,4-5,7,15-21,23-24H2,1H3,(H2,35,40,41)/t30-,31-/m0/s1. The molecule has 11 heteroatoms. The largest absolute Gasteiger partial charge is 0.496 e. The molecule has 2 aliphatic rings. The zero-order valence-corrected chi connectivity index (χ0v) is 26.7. The van der Waals surface area contributed by atoms with Gasteiger partial charge in [0.1, 0.15) is 11.5 Å². The fraction of sp³-hybridized carbons (Fsp3) is 0.441. The van der Waals surface area contributed by atoms with E-state index >= 15 is 0 Å². The zero-order chi connectivity index (χ0) is 31.6. The highest BCUT2D eigenvalue weighted by molar-refractivity contribution is 7.87. The number of benzene rings is 3. The Morgan fingerprint density at radius 2 is 1.91 bits per heavy atom. The second-order valence-electron chi connectivity index (χ2n) is 11.6. The maximum atomic E-state index is 13.9. The predicted octanol–water partition coefficient (Wildman–Crippen LogP) is 3.80. The summed E-state index contributed by atoms with van der Waals surface area (Å²) >= 11 is 0. The van der Waals surface area contributed by atoms with Gasteiger partial charge in [-0.05, 0) is 67.1 Å². The molecule has 45 heavy (non-hydrogen) atoms. The number of nitrogens with two attached hydrogens (primary N) is 1. The molecule has 4 N–H and O–H groups in total. The number of carbonyl (C=O) groups is 1. The van der Waals surface area contributed by atoms with Crippen LogP contribution in [0.4, 0.5) is 5.69 Å². The summed E-state index contributed by atoms with van der Waals surface area (Å²) in [5.74, 6) is 1.66. The van der Waals surface area contributed by atoms with Crippen LogP contribution in [-0.2, 0) is 28.0 Å². The van der Waals surface area contributed by atoms with Crippen molar-refractivity contribution in [2.45, 2.75) is 38.2 Å². The molecule has 242 valence electrons. The van der Waals surface area contributed by atoms with Gasteiger partial charge < -0.3 is 24.4 Å². The smallest absolute Gasteiger partial charge is 0.274 e. The number of piperidine rings is 1. The Bertz CT molecular complexity index is 1530. The van der Waals surface area contributed by atoms with Gasteiger partial charge in [0.25, 0.3) is 10.2 Å². The lowest BCUT2D eigenvalue weighted by Gasteiger charge is -2.33. The quantitative estimate of drug-likeness (QED) is 0.170. The summed E-state index contributed by atoms with van der Waals surface area (Å²) < 4.78 is 42.2. The molecule has 2 aliphatic heterocycles. The summed E-state index contributed by atoms with van der Waals surface area (Å²) in [6.45, 7) is 4.61. The minimum atomic E-state index is -3.75. The maximum absolute atomic E-state index is 13.9. The monoisotopic (exact) mass is 636 g/mol. The van der Waals surface area contributed by atoms with Crippen molar-refractivity contribution >= 4 is 21.7 Å². The van der Waals surface area contributed by atoms with E-state index in [0.717, 1.165) is 67.1 Å². The van der Waals surface area contributed by atoms with E-state index in [2.05, 4.69) is 27.1 Å². The van der Waals surface area contributed by atoms with Crippen LogP contribution in [0.1, 0.15) is 52.2 Å². The van der Waals surface area contributed by atoms with E-state index in [-0.39, 0.29) is 24.2 Å². The van der Waals surface area contributed by atoms with Crippen LogP contribution in [0.5, 0.6) is 11.5 Å². The normalized spacial score (nSPS) is 18.3. The highest BCUT2D eigenvalue weighted by atomic mass is 32.2. The van der Waals surface area contributed by atoms with Gasteiger partial charge in [-0.2, -0.15) is 8.42 Å². The molecule has 1 fully saturated rings. The third-order valence-electron chi connectivity index (χ3n) is 8.55. The lowest BCUT2D eigenvalue weighted by Crippen LogP contribution is -2.40. The average Bonchev–Trinajstić information content (AvgIpc) is 3.06. The van der Waals surface area contributed by atoms with Gasteiger partial charge in [-0.15, -0.1) is 0 Å². The van der Waals surface area contributed by atoms with E-state index < -0.39 is 10.2 Å². The Kier molecular flexibility index (Phi) is 11.5. The molecular weight excluding hydrogens is 592 g/mol. The molecule has 0 saturated carbocycles. The van der Waals surface area contributed by atoms with Crippen molar-refractivity contribution in [1.82, 2.24) is 10.0 Å². The van der Waals surface area contributed by atoms with E-state index in [4.69, 9.17) is 19.3 Å². The van der Waals surface area contributed by atoms with E-state index in [1.807, 2.05) is 54.6 Å². The predicted molar refractivity (Wildman–Crippen MR) is 175 cm³/mol. The highest BCUT2D eigenvalue weighted by Gasteiger charge is 2.33. The van der Waals surface area contributed by atoms with E-state index in [9.17, 15) is 13.2 Å². The van der Waals surface area contributed by atoms with Crippen LogP contribution in [0.15, 0.2) is 66.7 Å². The van der Waals surface area contributed by atoms with Crippen molar-refractivity contribution in [2.24, 2.45) is 11.1 Å². The van der Waals surface area contributed by atoms with Gasteiger partial charge in [-0.1, -0.05) is 42.5 Å². The number of hydrogen-bond acceptors (Lipinski definition) is 8. The molecule has 1 saturated heterocycles. The van der Waals surface area contributed by atoms with Gasteiger partial charge in [0.15, 0.2) is 5.78 Å². The van der Waals surface area contributed by atoms with Crippen LogP contribution < -0.4 is 29.6 Å². The van der Waals surface area contributed by atoms with E-state index in [1.54, 1.807) is 7.11 Å². The molecule has 5 rings (SSSR count). The van der Waals surface area contributed by atoms with Gasteiger partial charge in [-0.3, -0.25) is 4.79 Å². The summed E-state index contributed by atoms with van der Waals surface area (Å²) in [6, 6.07) is 21.9. The van der Waals surface area contributed by atoms with Crippen molar-refractivity contribution in [3.63, 3.8) is 0 Å². The number of hydrogen-bond donors (Lipinski definition) is 3. The van der Waals surface area contributed by atoms with Crippen LogP contribution in [0, 0.1) is 5.92 Å². The molecule has 0 spiro atoms. The molecule has 0 amide bonds. The molecule has 3 aromatic carbocycles. The van der Waals surface area contributed by atoms with Gasteiger partial charge in [0.05, 0.1) is 26.9 Å². The first-order chi connectivity index (χ1) is 21.8. The van der Waals surface area contributed by atoms with Crippen molar-refractivity contribution in [1.29, 1.82) is 0 Å². The first-order valence-corrected chi connectivity index (χ1v) is 17.2. The number of ketones is 1. The lowest BCUT2D eigenvalue weighted by molar-refractivity contribution is 0.0880. The molecule has 0 aliphatic carbocycles. The molecule has 0 aromatic heterocycles. The number of methoxy groups -OCH3 is 1. The molecular formula is C34H44N4O6S. The highest BCUT2D eigenvalue weighted by Crippen LogP contribution is 2.35. The molecule has 3 aromatic rings. The number of ether oxygens (including phenoxy) is 3. The van der Waals surface area contributed by atoms with Gasteiger partial charge in [-0.25, -0.2) is 9.86 Å². The Balaban J connectivity index is 1.16. The molecule has 2 heterocycles. The summed E-state index contributed by atoms with van der Waals surface area (Å²) in [5, 5.41) is 8.52. The third-order valence-corrected chi connectivity index (χ3v) is 9.16. The summed E-state index contributed by atoms with van der Waals surface area (Å²) in [7, 11) is -2.09. The van der Waals surface area contributed by atoms with Crippen LogP contribution in [0.25, 0.3) is 0 Å². The second kappa shape index (κ2) is 15.7.